The van der Waals surface area contributed by atoms with Crippen molar-refractivity contribution in [2.24, 2.45) is 11.8 Å². The molecular formula is C12H19NO2. The second-order valence-electron chi connectivity index (χ2n) is 5.45. The summed E-state index contributed by atoms with van der Waals surface area (Å²) in [6, 6.07) is 1.53. The zero-order valence-corrected chi connectivity index (χ0v) is 9.06. The van der Waals surface area contributed by atoms with Crippen LogP contribution in [-0.2, 0) is 4.79 Å². The number of hydrogen-bond acceptors (Lipinski definition) is 2. The Morgan fingerprint density at radius 3 is 2.87 bits per heavy atom. The first-order valence-corrected chi connectivity index (χ1v) is 6.24. The van der Waals surface area contributed by atoms with E-state index < -0.39 is 5.97 Å². The van der Waals surface area contributed by atoms with E-state index in [1.54, 1.807) is 0 Å². The predicted molar refractivity (Wildman–Crippen MR) is 56.6 cm³/mol. The van der Waals surface area contributed by atoms with Gasteiger partial charge in [-0.2, -0.15) is 0 Å². The number of fused-ring (bicyclic) bond motifs is 3. The third kappa shape index (κ3) is 1.48. The third-order valence-electron chi connectivity index (χ3n) is 4.72. The molecule has 0 unspecified atom stereocenters. The van der Waals surface area contributed by atoms with Crippen molar-refractivity contribution in [3.8, 4) is 0 Å². The van der Waals surface area contributed by atoms with E-state index in [2.05, 4.69) is 4.90 Å². The van der Waals surface area contributed by atoms with Crippen LogP contribution in [0.2, 0.25) is 0 Å². The second-order valence-corrected chi connectivity index (χ2v) is 5.45. The maximum absolute atomic E-state index is 11.0. The van der Waals surface area contributed by atoms with Gasteiger partial charge in [-0.25, -0.2) is 0 Å². The number of carbonyl (C=O) groups is 1. The number of nitrogens with zero attached hydrogens (tertiary/aromatic N) is 1. The van der Waals surface area contributed by atoms with Crippen LogP contribution in [0.5, 0.6) is 0 Å². The molecular weight excluding hydrogens is 190 g/mol. The molecule has 0 bridgehead atoms. The Bertz CT molecular complexity index is 279. The maximum Gasteiger partial charge on any atom is 0.306 e. The summed E-state index contributed by atoms with van der Waals surface area (Å²) < 4.78 is 0. The SMILES string of the molecule is O=C(O)[C@@H]1CC[C@H]2[C@H](C1)C[C@H]1CCCN12. The van der Waals surface area contributed by atoms with Crippen LogP contribution < -0.4 is 0 Å². The first-order chi connectivity index (χ1) is 7.25. The molecule has 2 saturated heterocycles. The minimum Gasteiger partial charge on any atom is -0.481 e. The molecule has 3 heteroatoms. The van der Waals surface area contributed by atoms with Crippen LogP contribution in [0.15, 0.2) is 0 Å². The Balaban J connectivity index is 1.71. The van der Waals surface area contributed by atoms with Crippen LogP contribution in [0.4, 0.5) is 0 Å². The summed E-state index contributed by atoms with van der Waals surface area (Å²) in [6.45, 7) is 1.27. The van der Waals surface area contributed by atoms with Gasteiger partial charge in [-0.3, -0.25) is 9.69 Å². The summed E-state index contributed by atoms with van der Waals surface area (Å²) in [5.41, 5.74) is 0. The van der Waals surface area contributed by atoms with Gasteiger partial charge in [0.1, 0.15) is 0 Å². The van der Waals surface area contributed by atoms with Crippen molar-refractivity contribution < 1.29 is 9.90 Å². The Morgan fingerprint density at radius 1 is 1.20 bits per heavy atom. The van der Waals surface area contributed by atoms with Crippen LogP contribution in [0.3, 0.4) is 0 Å². The van der Waals surface area contributed by atoms with E-state index in [0.717, 1.165) is 31.3 Å². The molecule has 1 N–H and O–H groups in total. The molecule has 1 aliphatic carbocycles. The Hall–Kier alpha value is -0.570. The maximum atomic E-state index is 11.0. The zero-order valence-electron chi connectivity index (χ0n) is 9.06. The molecule has 3 nitrogen and oxygen atoms in total. The van der Waals surface area contributed by atoms with Gasteiger partial charge in [-0.1, -0.05) is 0 Å². The quantitative estimate of drug-likeness (QED) is 0.715. The van der Waals surface area contributed by atoms with Crippen molar-refractivity contribution in [1.29, 1.82) is 0 Å². The normalized spacial score (nSPS) is 45.1. The van der Waals surface area contributed by atoms with Gasteiger partial charge in [-0.15, -0.1) is 0 Å². The number of carboxylic acid groups (broad SMARTS) is 1. The van der Waals surface area contributed by atoms with Gasteiger partial charge in [-0.05, 0) is 51.0 Å². The van der Waals surface area contributed by atoms with Crippen molar-refractivity contribution in [2.75, 3.05) is 6.54 Å². The lowest BCUT2D eigenvalue weighted by Gasteiger charge is -2.33. The van der Waals surface area contributed by atoms with Gasteiger partial charge in [0.2, 0.25) is 0 Å². The van der Waals surface area contributed by atoms with Crippen molar-refractivity contribution >= 4 is 5.97 Å². The van der Waals surface area contributed by atoms with Gasteiger partial charge in [0.05, 0.1) is 5.92 Å². The Morgan fingerprint density at radius 2 is 2.07 bits per heavy atom. The predicted octanol–water partition coefficient (Wildman–Crippen LogP) is 1.72. The van der Waals surface area contributed by atoms with Gasteiger partial charge in [0.15, 0.2) is 0 Å². The number of rotatable bonds is 1. The van der Waals surface area contributed by atoms with Gasteiger partial charge >= 0.3 is 5.97 Å². The van der Waals surface area contributed by atoms with Crippen molar-refractivity contribution in [3.05, 3.63) is 0 Å². The highest BCUT2D eigenvalue weighted by Gasteiger charge is 2.46. The molecule has 4 atom stereocenters. The second kappa shape index (κ2) is 3.48. The fraction of sp³-hybridized carbons (Fsp3) is 0.917. The monoisotopic (exact) mass is 209 g/mol. The Labute approximate surface area is 90.5 Å². The standard InChI is InChI=1S/C12H19NO2/c14-12(15)8-3-4-11-9(6-8)7-10-2-1-5-13(10)11/h8-11H,1-7H2,(H,14,15)/t8-,9-,10-,11+/m1/s1. The first-order valence-electron chi connectivity index (χ1n) is 6.24. The van der Waals surface area contributed by atoms with Gasteiger partial charge in [0.25, 0.3) is 0 Å². The summed E-state index contributed by atoms with van der Waals surface area (Å²) in [7, 11) is 0. The van der Waals surface area contributed by atoms with Crippen LogP contribution in [0.1, 0.15) is 38.5 Å². The molecule has 0 radical (unpaired) electrons. The molecule has 3 rings (SSSR count). The highest BCUT2D eigenvalue weighted by molar-refractivity contribution is 5.70. The highest BCUT2D eigenvalue weighted by Crippen LogP contribution is 2.45. The summed E-state index contributed by atoms with van der Waals surface area (Å²) in [5.74, 6) is 0.0666. The van der Waals surface area contributed by atoms with E-state index in [9.17, 15) is 4.79 Å². The average molecular weight is 209 g/mol. The summed E-state index contributed by atoms with van der Waals surface area (Å²) in [4.78, 5) is 13.6. The lowest BCUT2D eigenvalue weighted by Crippen LogP contribution is -2.38. The summed E-state index contributed by atoms with van der Waals surface area (Å²) in [5, 5.41) is 9.05. The minimum absolute atomic E-state index is 0.0497. The van der Waals surface area contributed by atoms with E-state index in [1.807, 2.05) is 0 Å². The van der Waals surface area contributed by atoms with Crippen molar-refractivity contribution in [3.63, 3.8) is 0 Å². The lowest BCUT2D eigenvalue weighted by molar-refractivity contribution is -0.143. The fourth-order valence-corrected chi connectivity index (χ4v) is 4.06. The van der Waals surface area contributed by atoms with Crippen LogP contribution in [0.25, 0.3) is 0 Å². The topological polar surface area (TPSA) is 40.5 Å². The van der Waals surface area contributed by atoms with Gasteiger partial charge in [0, 0.05) is 12.1 Å². The molecule has 0 aromatic heterocycles. The molecule has 0 aromatic rings. The fourth-order valence-electron chi connectivity index (χ4n) is 4.06. The van der Waals surface area contributed by atoms with Crippen LogP contribution >= 0.6 is 0 Å². The van der Waals surface area contributed by atoms with E-state index in [1.165, 1.54) is 25.8 Å². The summed E-state index contributed by atoms with van der Waals surface area (Å²) >= 11 is 0. The molecule has 15 heavy (non-hydrogen) atoms. The number of carboxylic acids is 1. The molecule has 3 fully saturated rings. The molecule has 2 aliphatic heterocycles. The smallest absolute Gasteiger partial charge is 0.306 e. The zero-order chi connectivity index (χ0) is 10.4. The third-order valence-corrected chi connectivity index (χ3v) is 4.72. The van der Waals surface area contributed by atoms with Gasteiger partial charge < -0.3 is 5.11 Å². The molecule has 1 saturated carbocycles. The molecule has 84 valence electrons. The van der Waals surface area contributed by atoms with Crippen LogP contribution in [-0.4, -0.2) is 34.6 Å². The Kier molecular flexibility index (Phi) is 2.23. The van der Waals surface area contributed by atoms with E-state index >= 15 is 0 Å². The van der Waals surface area contributed by atoms with E-state index in [0.29, 0.717) is 5.92 Å². The first kappa shape index (κ1) is 9.64. The largest absolute Gasteiger partial charge is 0.481 e. The molecule has 0 spiro atoms. The van der Waals surface area contributed by atoms with Crippen molar-refractivity contribution in [2.45, 2.75) is 50.6 Å². The minimum atomic E-state index is -0.569. The molecule has 0 aromatic carbocycles. The highest BCUT2D eigenvalue weighted by atomic mass is 16.4. The van der Waals surface area contributed by atoms with Crippen LogP contribution in [0, 0.1) is 11.8 Å². The molecule has 0 amide bonds. The molecule has 2 heterocycles. The average Bonchev–Trinajstić information content (AvgIpc) is 2.75. The number of hydrogen-bond donors (Lipinski definition) is 1. The van der Waals surface area contributed by atoms with Crippen molar-refractivity contribution in [1.82, 2.24) is 4.90 Å². The molecule has 3 aliphatic rings. The summed E-state index contributed by atoms with van der Waals surface area (Å²) in [6.07, 6.45) is 6.94. The number of aliphatic carboxylic acids is 1. The lowest BCUT2D eigenvalue weighted by atomic mass is 9.78. The van der Waals surface area contributed by atoms with E-state index in [4.69, 9.17) is 5.11 Å². The van der Waals surface area contributed by atoms with E-state index in [-0.39, 0.29) is 5.92 Å².